The van der Waals surface area contributed by atoms with E-state index in [2.05, 4.69) is 9.62 Å². The first-order chi connectivity index (χ1) is 13.3. The summed E-state index contributed by atoms with van der Waals surface area (Å²) in [6, 6.07) is 9.21. The van der Waals surface area contributed by atoms with E-state index in [1.54, 1.807) is 0 Å². The van der Waals surface area contributed by atoms with Gasteiger partial charge in [0.2, 0.25) is 10.0 Å². The van der Waals surface area contributed by atoms with Crippen LogP contribution in [-0.4, -0.2) is 39.1 Å². The molecule has 150 valence electrons. The molecular formula is C20H22F2N2O3S. The fourth-order valence-electron chi connectivity index (χ4n) is 4.00. The highest BCUT2D eigenvalue weighted by Crippen LogP contribution is 2.44. The summed E-state index contributed by atoms with van der Waals surface area (Å²) in [5.74, 6) is -1.29. The van der Waals surface area contributed by atoms with E-state index in [9.17, 15) is 17.2 Å². The quantitative estimate of drug-likeness (QED) is 0.847. The van der Waals surface area contributed by atoms with Gasteiger partial charge in [0, 0.05) is 31.1 Å². The number of likely N-dealkylation sites (tertiary alicyclic amines) is 1. The van der Waals surface area contributed by atoms with Crippen LogP contribution in [0.5, 0.6) is 5.75 Å². The summed E-state index contributed by atoms with van der Waals surface area (Å²) in [5.41, 5.74) is 0.258. The lowest BCUT2D eigenvalue weighted by Gasteiger charge is -2.46. The molecule has 2 aliphatic heterocycles. The van der Waals surface area contributed by atoms with Gasteiger partial charge in [0.05, 0.1) is 6.04 Å². The minimum atomic E-state index is -4.17. The number of nitrogens with one attached hydrogen (secondary N) is 1. The Balaban J connectivity index is 1.67. The van der Waals surface area contributed by atoms with Crippen molar-refractivity contribution >= 4 is 10.0 Å². The number of halogens is 2. The lowest BCUT2D eigenvalue weighted by atomic mass is 9.81. The largest absolute Gasteiger partial charge is 0.487 e. The third kappa shape index (κ3) is 3.64. The van der Waals surface area contributed by atoms with Crippen molar-refractivity contribution in [3.05, 3.63) is 59.7 Å². The molecule has 1 atom stereocenters. The number of benzene rings is 2. The molecule has 0 amide bonds. The van der Waals surface area contributed by atoms with Gasteiger partial charge in [-0.05, 0) is 38.1 Å². The van der Waals surface area contributed by atoms with Crippen molar-refractivity contribution in [1.82, 2.24) is 9.62 Å². The molecule has 5 nitrogen and oxygen atoms in total. The molecule has 1 spiro atoms. The van der Waals surface area contributed by atoms with Crippen LogP contribution in [0.15, 0.2) is 47.4 Å². The molecule has 2 aromatic rings. The minimum Gasteiger partial charge on any atom is -0.487 e. The molecule has 0 aliphatic carbocycles. The highest BCUT2D eigenvalue weighted by Gasteiger charge is 2.44. The second kappa shape index (κ2) is 7.09. The van der Waals surface area contributed by atoms with Gasteiger partial charge in [-0.1, -0.05) is 18.2 Å². The lowest BCUT2D eigenvalue weighted by molar-refractivity contribution is -0.0179. The summed E-state index contributed by atoms with van der Waals surface area (Å²) in [7, 11) is -2.13. The number of para-hydroxylation sites is 1. The predicted molar refractivity (Wildman–Crippen MR) is 101 cm³/mol. The minimum absolute atomic E-state index is 0.458. The highest BCUT2D eigenvalue weighted by atomic mass is 32.2. The Morgan fingerprint density at radius 2 is 1.86 bits per heavy atom. The average molecular weight is 408 g/mol. The zero-order valence-corrected chi connectivity index (χ0v) is 16.3. The highest BCUT2D eigenvalue weighted by molar-refractivity contribution is 7.89. The molecule has 8 heteroatoms. The Hall–Kier alpha value is -2.03. The first kappa shape index (κ1) is 19.3. The third-order valence-electron chi connectivity index (χ3n) is 5.58. The Labute approximate surface area is 163 Å². The fraction of sp³-hybridized carbons (Fsp3) is 0.400. The number of hydrogen-bond acceptors (Lipinski definition) is 4. The van der Waals surface area contributed by atoms with Crippen LogP contribution >= 0.6 is 0 Å². The number of ether oxygens (including phenoxy) is 1. The van der Waals surface area contributed by atoms with Crippen molar-refractivity contribution in [2.24, 2.45) is 0 Å². The number of nitrogens with zero attached hydrogens (tertiary/aromatic N) is 1. The zero-order valence-electron chi connectivity index (χ0n) is 15.5. The van der Waals surface area contributed by atoms with Crippen molar-refractivity contribution in [3.63, 3.8) is 0 Å². The van der Waals surface area contributed by atoms with Crippen LogP contribution in [-0.2, 0) is 10.0 Å². The summed E-state index contributed by atoms with van der Waals surface area (Å²) < 4.78 is 61.9. The van der Waals surface area contributed by atoms with Crippen molar-refractivity contribution in [1.29, 1.82) is 0 Å². The second-order valence-corrected chi connectivity index (χ2v) is 9.26. The van der Waals surface area contributed by atoms with E-state index in [-0.39, 0.29) is 0 Å². The van der Waals surface area contributed by atoms with Crippen molar-refractivity contribution in [2.75, 3.05) is 20.1 Å². The van der Waals surface area contributed by atoms with Crippen LogP contribution in [0.3, 0.4) is 0 Å². The monoisotopic (exact) mass is 408 g/mol. The van der Waals surface area contributed by atoms with Crippen LogP contribution in [0.1, 0.15) is 30.9 Å². The van der Waals surface area contributed by atoms with Crippen LogP contribution in [0.2, 0.25) is 0 Å². The first-order valence-corrected chi connectivity index (χ1v) is 10.7. The van der Waals surface area contributed by atoms with E-state index >= 15 is 0 Å². The van der Waals surface area contributed by atoms with E-state index in [0.717, 1.165) is 43.6 Å². The van der Waals surface area contributed by atoms with Crippen molar-refractivity contribution in [3.8, 4) is 5.75 Å². The zero-order chi connectivity index (χ0) is 19.9. The van der Waals surface area contributed by atoms with E-state index in [0.29, 0.717) is 18.2 Å². The maximum atomic E-state index is 14.1. The van der Waals surface area contributed by atoms with Gasteiger partial charge >= 0.3 is 0 Å². The van der Waals surface area contributed by atoms with Crippen molar-refractivity contribution < 1.29 is 21.9 Å². The molecule has 2 aliphatic rings. The Morgan fingerprint density at radius 1 is 1.14 bits per heavy atom. The third-order valence-corrected chi connectivity index (χ3v) is 7.08. The molecule has 1 N–H and O–H groups in total. The van der Waals surface area contributed by atoms with Crippen LogP contribution in [0, 0.1) is 11.6 Å². The van der Waals surface area contributed by atoms with E-state index in [4.69, 9.17) is 4.74 Å². The summed E-state index contributed by atoms with van der Waals surface area (Å²) in [6.07, 6.45) is 2.02. The normalized spacial score (nSPS) is 21.9. The van der Waals surface area contributed by atoms with Gasteiger partial charge in [-0.3, -0.25) is 0 Å². The predicted octanol–water partition coefficient (Wildman–Crippen LogP) is 3.23. The standard InChI is InChI=1S/C20H22F2N2O3S/c1-24-10-8-20(9-11-24)13-17(15-4-2-3-5-18(15)27-20)23-28(25,26)19-7-6-14(21)12-16(19)22/h2-7,12,17,23H,8-11,13H2,1H3/t17-/m0/s1. The molecule has 0 saturated carbocycles. The number of piperidine rings is 1. The summed E-state index contributed by atoms with van der Waals surface area (Å²) in [6.45, 7) is 1.71. The molecular weight excluding hydrogens is 386 g/mol. The first-order valence-electron chi connectivity index (χ1n) is 9.22. The van der Waals surface area contributed by atoms with Gasteiger partial charge in [-0.25, -0.2) is 21.9 Å². The fourth-order valence-corrected chi connectivity index (χ4v) is 5.27. The Bertz CT molecular complexity index is 989. The van der Waals surface area contributed by atoms with Gasteiger partial charge in [-0.15, -0.1) is 0 Å². The van der Waals surface area contributed by atoms with E-state index in [1.165, 1.54) is 0 Å². The smallest absolute Gasteiger partial charge is 0.244 e. The molecule has 4 rings (SSSR count). The topological polar surface area (TPSA) is 58.6 Å². The lowest BCUT2D eigenvalue weighted by Crippen LogP contribution is -2.51. The molecule has 1 fully saturated rings. The van der Waals surface area contributed by atoms with Gasteiger partial charge in [0.15, 0.2) is 0 Å². The molecule has 28 heavy (non-hydrogen) atoms. The Kier molecular flexibility index (Phi) is 4.89. The van der Waals surface area contributed by atoms with E-state index < -0.39 is 38.2 Å². The molecule has 0 unspecified atom stereocenters. The van der Waals surface area contributed by atoms with Gasteiger partial charge in [0.1, 0.15) is 27.9 Å². The van der Waals surface area contributed by atoms with Crippen LogP contribution < -0.4 is 9.46 Å². The molecule has 2 aromatic carbocycles. The molecule has 1 saturated heterocycles. The van der Waals surface area contributed by atoms with E-state index in [1.807, 2.05) is 31.3 Å². The van der Waals surface area contributed by atoms with Gasteiger partial charge < -0.3 is 9.64 Å². The number of sulfonamides is 1. The number of fused-ring (bicyclic) bond motifs is 1. The maximum Gasteiger partial charge on any atom is 0.244 e. The van der Waals surface area contributed by atoms with Crippen LogP contribution in [0.4, 0.5) is 8.78 Å². The Morgan fingerprint density at radius 3 is 2.57 bits per heavy atom. The number of hydrogen-bond donors (Lipinski definition) is 1. The molecule has 2 heterocycles. The SMILES string of the molecule is CN1CCC2(CC1)C[C@H](NS(=O)(=O)c1ccc(F)cc1F)c1ccccc1O2. The molecule has 0 aromatic heterocycles. The summed E-state index contributed by atoms with van der Waals surface area (Å²) in [4.78, 5) is 1.65. The maximum absolute atomic E-state index is 14.1. The second-order valence-electron chi connectivity index (χ2n) is 7.58. The molecule has 0 radical (unpaired) electrons. The average Bonchev–Trinajstić information content (AvgIpc) is 2.64. The number of rotatable bonds is 3. The van der Waals surface area contributed by atoms with Crippen LogP contribution in [0.25, 0.3) is 0 Å². The summed E-state index contributed by atoms with van der Waals surface area (Å²) in [5, 5.41) is 0. The van der Waals surface area contributed by atoms with Gasteiger partial charge in [0.25, 0.3) is 0 Å². The molecule has 0 bridgehead atoms. The summed E-state index contributed by atoms with van der Waals surface area (Å²) >= 11 is 0. The van der Waals surface area contributed by atoms with Gasteiger partial charge in [-0.2, -0.15) is 0 Å². The van der Waals surface area contributed by atoms with Crippen molar-refractivity contribution in [2.45, 2.75) is 35.8 Å².